The summed E-state index contributed by atoms with van der Waals surface area (Å²) in [5.41, 5.74) is 0.639. The minimum absolute atomic E-state index is 0.0556. The third-order valence-electron chi connectivity index (χ3n) is 4.55. The summed E-state index contributed by atoms with van der Waals surface area (Å²) in [6.45, 7) is -0.0826. The number of hydrogen-bond donors (Lipinski definition) is 2. The van der Waals surface area contributed by atoms with Crippen molar-refractivity contribution >= 4 is 10.0 Å². The highest BCUT2D eigenvalue weighted by Crippen LogP contribution is 2.36. The van der Waals surface area contributed by atoms with Gasteiger partial charge in [-0.15, -0.1) is 0 Å². The lowest BCUT2D eigenvalue weighted by atomic mass is 9.96. The van der Waals surface area contributed by atoms with Gasteiger partial charge in [-0.3, -0.25) is 0 Å². The van der Waals surface area contributed by atoms with E-state index in [4.69, 9.17) is 9.47 Å². The summed E-state index contributed by atoms with van der Waals surface area (Å²) in [6, 6.07) is 11.9. The second-order valence-electron chi connectivity index (χ2n) is 6.03. The zero-order valence-corrected chi connectivity index (χ0v) is 15.0. The molecule has 0 bridgehead atoms. The number of rotatable bonds is 6. The average Bonchev–Trinajstić information content (AvgIpc) is 2.97. The molecule has 0 aliphatic heterocycles. The van der Waals surface area contributed by atoms with Crippen LogP contribution in [0.1, 0.15) is 17.5 Å². The third-order valence-corrected chi connectivity index (χ3v) is 5.95. The van der Waals surface area contributed by atoms with Gasteiger partial charge in [0, 0.05) is 12.6 Å². The van der Waals surface area contributed by atoms with E-state index in [9.17, 15) is 13.5 Å². The lowest BCUT2D eigenvalue weighted by Gasteiger charge is -2.24. The molecule has 0 heterocycles. The van der Waals surface area contributed by atoms with Gasteiger partial charge in [0.25, 0.3) is 0 Å². The fourth-order valence-corrected chi connectivity index (χ4v) is 4.24. The molecule has 1 aliphatic rings. The fourth-order valence-electron chi connectivity index (χ4n) is 3.13. The van der Waals surface area contributed by atoms with Gasteiger partial charge in [0.2, 0.25) is 10.0 Å². The molecule has 1 unspecified atom stereocenters. The number of methoxy groups -OCH3 is 2. The van der Waals surface area contributed by atoms with Gasteiger partial charge in [-0.1, -0.05) is 24.3 Å². The first-order chi connectivity index (χ1) is 11.9. The second-order valence-corrected chi connectivity index (χ2v) is 7.80. The van der Waals surface area contributed by atoms with Crippen molar-refractivity contribution < 1.29 is 23.0 Å². The monoisotopic (exact) mass is 363 g/mol. The Morgan fingerprint density at radius 1 is 1.12 bits per heavy atom. The van der Waals surface area contributed by atoms with Gasteiger partial charge in [-0.2, -0.15) is 0 Å². The Kier molecular flexibility index (Phi) is 4.73. The van der Waals surface area contributed by atoms with E-state index in [2.05, 4.69) is 4.72 Å². The minimum Gasteiger partial charge on any atom is -0.493 e. The van der Waals surface area contributed by atoms with E-state index in [1.165, 1.54) is 32.4 Å². The summed E-state index contributed by atoms with van der Waals surface area (Å²) >= 11 is 0. The summed E-state index contributed by atoms with van der Waals surface area (Å²) in [7, 11) is -0.864. The lowest BCUT2D eigenvalue weighted by Crippen LogP contribution is -2.39. The predicted octanol–water partition coefficient (Wildman–Crippen LogP) is 1.82. The summed E-state index contributed by atoms with van der Waals surface area (Å²) < 4.78 is 38.0. The maximum Gasteiger partial charge on any atom is 0.240 e. The number of sulfonamides is 1. The Hall–Kier alpha value is -2.09. The van der Waals surface area contributed by atoms with Crippen LogP contribution in [0.5, 0.6) is 11.5 Å². The van der Waals surface area contributed by atoms with Gasteiger partial charge in [0.15, 0.2) is 11.5 Å². The van der Waals surface area contributed by atoms with Crippen LogP contribution in [0.15, 0.2) is 47.4 Å². The Balaban J connectivity index is 1.81. The zero-order valence-electron chi connectivity index (χ0n) is 14.2. The normalized spacial score (nSPS) is 19.5. The molecule has 0 spiro atoms. The van der Waals surface area contributed by atoms with Crippen LogP contribution in [0.3, 0.4) is 0 Å². The molecule has 25 heavy (non-hydrogen) atoms. The molecule has 2 N–H and O–H groups in total. The van der Waals surface area contributed by atoms with Crippen LogP contribution >= 0.6 is 0 Å². The van der Waals surface area contributed by atoms with E-state index in [1.54, 1.807) is 0 Å². The Labute approximate surface area is 147 Å². The van der Waals surface area contributed by atoms with E-state index in [0.29, 0.717) is 17.9 Å². The first kappa shape index (κ1) is 17.7. The molecule has 2 aromatic rings. The molecule has 7 heteroatoms. The third kappa shape index (κ3) is 3.35. The maximum atomic E-state index is 12.6. The van der Waals surface area contributed by atoms with E-state index >= 15 is 0 Å². The second kappa shape index (κ2) is 6.67. The van der Waals surface area contributed by atoms with Crippen molar-refractivity contribution in [3.05, 3.63) is 53.6 Å². The van der Waals surface area contributed by atoms with Crippen molar-refractivity contribution in [2.75, 3.05) is 20.8 Å². The van der Waals surface area contributed by atoms with Gasteiger partial charge in [-0.05, 0) is 36.1 Å². The van der Waals surface area contributed by atoms with Crippen LogP contribution in [-0.2, 0) is 22.0 Å². The zero-order chi connectivity index (χ0) is 18.1. The van der Waals surface area contributed by atoms with Crippen LogP contribution in [0.25, 0.3) is 0 Å². The molecule has 6 nitrogen and oxygen atoms in total. The van der Waals surface area contributed by atoms with Crippen LogP contribution in [0, 0.1) is 0 Å². The molecule has 0 aromatic heterocycles. The molecule has 3 rings (SSSR count). The molecule has 0 amide bonds. The standard InChI is InChI=1S/C18H21NO5S/c1-23-16-8-7-14(11-17(16)24-2)25(21,22)19-12-18(20)10-9-13-5-3-4-6-15(13)18/h3-8,11,19-20H,9-10,12H2,1-2H3. The summed E-state index contributed by atoms with van der Waals surface area (Å²) in [5, 5.41) is 10.9. The molecule has 2 aromatic carbocycles. The average molecular weight is 363 g/mol. The Morgan fingerprint density at radius 3 is 2.56 bits per heavy atom. The number of fused-ring (bicyclic) bond motifs is 1. The van der Waals surface area contributed by atoms with Crippen molar-refractivity contribution in [2.45, 2.75) is 23.3 Å². The Morgan fingerprint density at radius 2 is 1.84 bits per heavy atom. The van der Waals surface area contributed by atoms with Crippen LogP contribution in [0.2, 0.25) is 0 Å². The highest BCUT2D eigenvalue weighted by molar-refractivity contribution is 7.89. The molecule has 0 fully saturated rings. The molecule has 0 saturated carbocycles. The number of nitrogens with one attached hydrogen (secondary N) is 1. The molecule has 134 valence electrons. The number of hydrogen-bond acceptors (Lipinski definition) is 5. The van der Waals surface area contributed by atoms with Crippen LogP contribution in [-0.4, -0.2) is 34.3 Å². The molecule has 1 atom stereocenters. The predicted molar refractivity (Wildman–Crippen MR) is 93.4 cm³/mol. The number of aliphatic hydroxyl groups is 1. The fraction of sp³-hybridized carbons (Fsp3) is 0.333. The van der Waals surface area contributed by atoms with Crippen LogP contribution < -0.4 is 14.2 Å². The number of aryl methyl sites for hydroxylation is 1. The van der Waals surface area contributed by atoms with Crippen molar-refractivity contribution in [3.63, 3.8) is 0 Å². The lowest BCUT2D eigenvalue weighted by molar-refractivity contribution is 0.0442. The van der Waals surface area contributed by atoms with Crippen molar-refractivity contribution in [1.82, 2.24) is 4.72 Å². The molecule has 0 saturated heterocycles. The number of ether oxygens (including phenoxy) is 2. The van der Waals surface area contributed by atoms with Crippen molar-refractivity contribution in [2.24, 2.45) is 0 Å². The van der Waals surface area contributed by atoms with Gasteiger partial charge in [-0.25, -0.2) is 13.1 Å². The van der Waals surface area contributed by atoms with Gasteiger partial charge in [0.1, 0.15) is 5.60 Å². The van der Waals surface area contributed by atoms with Gasteiger partial charge >= 0.3 is 0 Å². The van der Waals surface area contributed by atoms with Gasteiger partial charge < -0.3 is 14.6 Å². The molecule has 0 radical (unpaired) electrons. The van der Waals surface area contributed by atoms with Gasteiger partial charge in [0.05, 0.1) is 19.1 Å². The smallest absolute Gasteiger partial charge is 0.240 e. The summed E-state index contributed by atoms with van der Waals surface area (Å²) in [4.78, 5) is 0.0556. The summed E-state index contributed by atoms with van der Waals surface area (Å²) in [5.74, 6) is 0.778. The summed E-state index contributed by atoms with van der Waals surface area (Å²) in [6.07, 6.45) is 1.21. The first-order valence-corrected chi connectivity index (χ1v) is 9.40. The van der Waals surface area contributed by atoms with Crippen molar-refractivity contribution in [1.29, 1.82) is 0 Å². The molecular weight excluding hydrogens is 342 g/mol. The quantitative estimate of drug-likeness (QED) is 0.818. The maximum absolute atomic E-state index is 12.6. The van der Waals surface area contributed by atoms with Crippen molar-refractivity contribution in [3.8, 4) is 11.5 Å². The highest BCUT2D eigenvalue weighted by Gasteiger charge is 2.37. The minimum atomic E-state index is -3.79. The first-order valence-electron chi connectivity index (χ1n) is 7.92. The molecular formula is C18H21NO5S. The number of benzene rings is 2. The largest absolute Gasteiger partial charge is 0.493 e. The van der Waals surface area contributed by atoms with E-state index in [0.717, 1.165) is 17.5 Å². The highest BCUT2D eigenvalue weighted by atomic mass is 32.2. The topological polar surface area (TPSA) is 84.9 Å². The Bertz CT molecular complexity index is 881. The molecule has 1 aliphatic carbocycles. The van der Waals surface area contributed by atoms with E-state index < -0.39 is 15.6 Å². The SMILES string of the molecule is COc1ccc(S(=O)(=O)NCC2(O)CCc3ccccc32)cc1OC. The van der Waals surface area contributed by atoms with E-state index in [-0.39, 0.29) is 11.4 Å². The van der Waals surface area contributed by atoms with Crippen LogP contribution in [0.4, 0.5) is 0 Å². The van der Waals surface area contributed by atoms with E-state index in [1.807, 2.05) is 24.3 Å².